The molecule has 78 heavy (non-hydrogen) atoms. The van der Waals surface area contributed by atoms with Gasteiger partial charge in [-0.3, -0.25) is 14.4 Å². The van der Waals surface area contributed by atoms with Gasteiger partial charge in [-0.15, -0.1) is 0 Å². The van der Waals surface area contributed by atoms with Crippen molar-refractivity contribution in [2.75, 3.05) is 13.2 Å². The van der Waals surface area contributed by atoms with Gasteiger partial charge in [-0.25, -0.2) is 0 Å². The predicted molar refractivity (Wildman–Crippen MR) is 339 cm³/mol. The van der Waals surface area contributed by atoms with Crippen molar-refractivity contribution in [3.63, 3.8) is 0 Å². The van der Waals surface area contributed by atoms with Gasteiger partial charge < -0.3 is 14.2 Å². The highest BCUT2D eigenvalue weighted by atomic mass is 16.6. The summed E-state index contributed by atoms with van der Waals surface area (Å²) in [5.74, 6) is -0.901. The van der Waals surface area contributed by atoms with E-state index in [2.05, 4.69) is 106 Å². The van der Waals surface area contributed by atoms with E-state index in [9.17, 15) is 14.4 Å². The third-order valence-corrected chi connectivity index (χ3v) is 14.7. The minimum atomic E-state index is -0.789. The Balaban J connectivity index is 4.31. The molecule has 0 saturated heterocycles. The molecule has 0 fully saturated rings. The Labute approximate surface area is 484 Å². The van der Waals surface area contributed by atoms with Crippen LogP contribution >= 0.6 is 0 Å². The topological polar surface area (TPSA) is 78.9 Å². The summed E-state index contributed by atoms with van der Waals surface area (Å²) in [7, 11) is 0. The Morgan fingerprint density at radius 1 is 0.269 bits per heavy atom. The Hall–Kier alpha value is -3.41. The average molecular weight is 1090 g/mol. The lowest BCUT2D eigenvalue weighted by Gasteiger charge is -2.18. The van der Waals surface area contributed by atoms with Crippen molar-refractivity contribution in [2.45, 2.75) is 341 Å². The lowest BCUT2D eigenvalue weighted by atomic mass is 10.0. The van der Waals surface area contributed by atoms with Crippen molar-refractivity contribution in [3.8, 4) is 0 Å². The summed E-state index contributed by atoms with van der Waals surface area (Å²) in [4.78, 5) is 38.3. The minimum absolute atomic E-state index is 0.0831. The van der Waals surface area contributed by atoms with Gasteiger partial charge in [-0.2, -0.15) is 0 Å². The van der Waals surface area contributed by atoms with Crippen LogP contribution in [-0.2, 0) is 28.6 Å². The van der Waals surface area contributed by atoms with Crippen LogP contribution in [0.4, 0.5) is 0 Å². The van der Waals surface area contributed by atoms with Gasteiger partial charge in [0.2, 0.25) is 0 Å². The van der Waals surface area contributed by atoms with E-state index in [0.29, 0.717) is 19.3 Å². The highest BCUT2D eigenvalue weighted by Crippen LogP contribution is 2.18. The summed E-state index contributed by atoms with van der Waals surface area (Å²) >= 11 is 0. The van der Waals surface area contributed by atoms with Gasteiger partial charge in [-0.05, 0) is 77.0 Å². The van der Waals surface area contributed by atoms with Gasteiger partial charge in [0.15, 0.2) is 6.10 Å². The first-order chi connectivity index (χ1) is 38.5. The largest absolute Gasteiger partial charge is 0.462 e. The van der Waals surface area contributed by atoms with Gasteiger partial charge in [0.1, 0.15) is 13.2 Å². The molecule has 6 nitrogen and oxygen atoms in total. The fraction of sp³-hybridized carbons (Fsp3) is 0.764. The standard InChI is InChI=1S/C72H126O6/c1-4-7-10-13-16-19-22-24-26-28-30-32-34-36-38-39-41-43-45-47-50-53-56-59-62-65-71(74)77-68-69(67-76-70(73)64-61-58-55-52-49-21-18-15-12-9-6-3)78-72(75)66-63-60-57-54-51-48-46-44-42-40-37-35-33-31-29-27-25-23-20-17-14-11-8-5-2/h7,10,16,19,24,26,30,32,36,38,41,43,47,50,69H,4-6,8-9,11-15,17-18,20-23,25,27-29,31,33-35,37,39-40,42,44-46,48-49,51-68H2,1-3H3/b10-7-,19-16-,26-24-,32-30-,38-36-,43-41-,50-47-. The van der Waals surface area contributed by atoms with Crippen molar-refractivity contribution in [3.05, 3.63) is 85.1 Å². The zero-order valence-electron chi connectivity index (χ0n) is 51.7. The van der Waals surface area contributed by atoms with E-state index in [-0.39, 0.29) is 31.1 Å². The van der Waals surface area contributed by atoms with Gasteiger partial charge in [0.25, 0.3) is 0 Å². The summed E-state index contributed by atoms with van der Waals surface area (Å²) in [6, 6.07) is 0. The van der Waals surface area contributed by atoms with E-state index < -0.39 is 6.10 Å². The van der Waals surface area contributed by atoms with E-state index in [1.54, 1.807) is 0 Å². The zero-order chi connectivity index (χ0) is 56.4. The Kier molecular flexibility index (Phi) is 63.2. The quantitative estimate of drug-likeness (QED) is 0.0261. The number of esters is 3. The van der Waals surface area contributed by atoms with Crippen LogP contribution in [0, 0.1) is 0 Å². The first-order valence-electron chi connectivity index (χ1n) is 33.6. The van der Waals surface area contributed by atoms with Crippen LogP contribution in [-0.4, -0.2) is 37.2 Å². The number of hydrogen-bond donors (Lipinski definition) is 0. The second kappa shape index (κ2) is 66.1. The van der Waals surface area contributed by atoms with Crippen LogP contribution < -0.4 is 0 Å². The van der Waals surface area contributed by atoms with Gasteiger partial charge in [0.05, 0.1) is 0 Å². The van der Waals surface area contributed by atoms with Crippen molar-refractivity contribution in [2.24, 2.45) is 0 Å². The van der Waals surface area contributed by atoms with Crippen molar-refractivity contribution >= 4 is 17.9 Å². The van der Waals surface area contributed by atoms with Crippen molar-refractivity contribution in [1.82, 2.24) is 0 Å². The summed E-state index contributed by atoms with van der Waals surface area (Å²) in [5.41, 5.74) is 0. The minimum Gasteiger partial charge on any atom is -0.462 e. The lowest BCUT2D eigenvalue weighted by molar-refractivity contribution is -0.167. The molecule has 0 spiro atoms. The van der Waals surface area contributed by atoms with E-state index in [0.717, 1.165) is 109 Å². The third-order valence-electron chi connectivity index (χ3n) is 14.7. The summed E-state index contributed by atoms with van der Waals surface area (Å²) < 4.78 is 16.9. The molecule has 0 amide bonds. The Morgan fingerprint density at radius 3 is 0.782 bits per heavy atom. The maximum Gasteiger partial charge on any atom is 0.306 e. The van der Waals surface area contributed by atoms with Gasteiger partial charge >= 0.3 is 17.9 Å². The molecule has 0 aliphatic rings. The number of ether oxygens (including phenoxy) is 3. The number of rotatable bonds is 61. The molecule has 0 bridgehead atoms. The molecule has 0 saturated carbocycles. The highest BCUT2D eigenvalue weighted by molar-refractivity contribution is 5.71. The lowest BCUT2D eigenvalue weighted by Crippen LogP contribution is -2.30. The van der Waals surface area contributed by atoms with Crippen LogP contribution in [0.1, 0.15) is 335 Å². The predicted octanol–water partition coefficient (Wildman–Crippen LogP) is 23.1. The smallest absolute Gasteiger partial charge is 0.306 e. The zero-order valence-corrected chi connectivity index (χ0v) is 51.7. The number of carbonyl (C=O) groups is 3. The van der Waals surface area contributed by atoms with E-state index in [1.807, 2.05) is 0 Å². The molecule has 6 heteroatoms. The van der Waals surface area contributed by atoms with Crippen LogP contribution in [0.15, 0.2) is 85.1 Å². The molecule has 0 radical (unpaired) electrons. The van der Waals surface area contributed by atoms with Crippen LogP contribution in [0.2, 0.25) is 0 Å². The maximum absolute atomic E-state index is 12.9. The molecule has 0 aromatic heterocycles. The molecule has 0 aromatic carbocycles. The number of unbranched alkanes of at least 4 members (excludes halogenated alkanes) is 36. The second-order valence-electron chi connectivity index (χ2n) is 22.4. The maximum atomic E-state index is 12.9. The fourth-order valence-corrected chi connectivity index (χ4v) is 9.66. The van der Waals surface area contributed by atoms with Crippen LogP contribution in [0.25, 0.3) is 0 Å². The molecule has 0 heterocycles. The van der Waals surface area contributed by atoms with Crippen molar-refractivity contribution < 1.29 is 28.6 Å². The van der Waals surface area contributed by atoms with Crippen molar-refractivity contribution in [1.29, 1.82) is 0 Å². The van der Waals surface area contributed by atoms with E-state index >= 15 is 0 Å². The normalized spacial score (nSPS) is 12.6. The Morgan fingerprint density at radius 2 is 0.500 bits per heavy atom. The molecule has 1 atom stereocenters. The van der Waals surface area contributed by atoms with Gasteiger partial charge in [0, 0.05) is 19.3 Å². The second-order valence-corrected chi connectivity index (χ2v) is 22.4. The summed E-state index contributed by atoms with van der Waals surface area (Å²) in [6.45, 7) is 6.54. The third kappa shape index (κ3) is 63.4. The molecule has 1 unspecified atom stereocenters. The first kappa shape index (κ1) is 74.6. The summed E-state index contributed by atoms with van der Waals surface area (Å²) in [5, 5.41) is 0. The molecule has 0 aliphatic heterocycles. The molecule has 450 valence electrons. The first-order valence-corrected chi connectivity index (χ1v) is 33.6. The molecule has 0 aromatic rings. The van der Waals surface area contributed by atoms with Crippen LogP contribution in [0.5, 0.6) is 0 Å². The number of hydrogen-bond acceptors (Lipinski definition) is 6. The molecule has 0 aliphatic carbocycles. The van der Waals surface area contributed by atoms with E-state index in [1.165, 1.54) is 186 Å². The van der Waals surface area contributed by atoms with E-state index in [4.69, 9.17) is 14.2 Å². The number of carbonyl (C=O) groups excluding carboxylic acids is 3. The molecule has 0 rings (SSSR count). The summed E-state index contributed by atoms with van der Waals surface area (Å²) in [6.07, 6.45) is 87.5. The fourth-order valence-electron chi connectivity index (χ4n) is 9.66. The molecular weight excluding hydrogens is 961 g/mol. The Bertz CT molecular complexity index is 1480. The van der Waals surface area contributed by atoms with Crippen LogP contribution in [0.3, 0.4) is 0 Å². The average Bonchev–Trinajstić information content (AvgIpc) is 3.44. The molecular formula is C72H126O6. The highest BCUT2D eigenvalue weighted by Gasteiger charge is 2.19. The number of allylic oxidation sites excluding steroid dienone is 14. The SMILES string of the molecule is CC/C=C\C/C=C\C/C=C\C/C=C\C/C=C\C/C=C\C/C=C\CCCCCC(=O)OCC(COC(=O)CCCCCCCCCCCCC)OC(=O)CCCCCCCCCCCCCCCCCCCCCCCCCC. The van der Waals surface area contributed by atoms with Gasteiger partial charge in [-0.1, -0.05) is 324 Å². The monoisotopic (exact) mass is 1090 g/mol. The molecule has 0 N–H and O–H groups in total.